The number of aromatic nitrogens is 1. The van der Waals surface area contributed by atoms with Crippen molar-refractivity contribution in [3.8, 4) is 11.1 Å². The van der Waals surface area contributed by atoms with Crippen molar-refractivity contribution in [1.29, 1.82) is 0 Å². The van der Waals surface area contributed by atoms with E-state index in [9.17, 15) is 4.79 Å². The van der Waals surface area contributed by atoms with E-state index >= 15 is 0 Å². The summed E-state index contributed by atoms with van der Waals surface area (Å²) in [4.78, 5) is 14.4. The van der Waals surface area contributed by atoms with Crippen LogP contribution in [0.4, 0.5) is 0 Å². The third-order valence-electron chi connectivity index (χ3n) is 4.20. The van der Waals surface area contributed by atoms with Crippen LogP contribution in [0.1, 0.15) is 5.56 Å². The highest BCUT2D eigenvalue weighted by atomic mass is 16.4. The Balaban J connectivity index is 1.99. The number of rotatable bonds is 3. The van der Waals surface area contributed by atoms with Crippen molar-refractivity contribution in [2.45, 2.75) is 0 Å². The van der Waals surface area contributed by atoms with Gasteiger partial charge in [0.2, 0.25) is 0 Å². The summed E-state index contributed by atoms with van der Waals surface area (Å²) >= 11 is 0. The van der Waals surface area contributed by atoms with Crippen LogP contribution in [0.25, 0.3) is 39.0 Å². The monoisotopic (exact) mass is 313 g/mol. The van der Waals surface area contributed by atoms with Gasteiger partial charge in [0.25, 0.3) is 0 Å². The average molecular weight is 313 g/mol. The Morgan fingerprint density at radius 1 is 0.833 bits per heavy atom. The van der Waals surface area contributed by atoms with Crippen molar-refractivity contribution in [3.63, 3.8) is 0 Å². The maximum absolute atomic E-state index is 10.9. The molecule has 0 bridgehead atoms. The zero-order chi connectivity index (χ0) is 16.5. The largest absolute Gasteiger partial charge is 0.478 e. The summed E-state index contributed by atoms with van der Waals surface area (Å²) in [6, 6.07) is 22.2. The van der Waals surface area contributed by atoms with E-state index < -0.39 is 5.97 Å². The van der Waals surface area contributed by atoms with Crippen LogP contribution < -0.4 is 0 Å². The van der Waals surface area contributed by atoms with Crippen molar-refractivity contribution in [2.24, 2.45) is 0 Å². The summed E-state index contributed by atoms with van der Waals surface area (Å²) in [5.41, 5.74) is 5.11. The molecule has 4 rings (SSSR count). The quantitative estimate of drug-likeness (QED) is 0.518. The first-order chi connectivity index (χ1) is 11.7. The van der Waals surface area contributed by atoms with Gasteiger partial charge in [0.05, 0.1) is 5.52 Å². The Labute approximate surface area is 138 Å². The topological polar surface area (TPSA) is 53.1 Å². The molecule has 3 aromatic carbocycles. The van der Waals surface area contributed by atoms with Gasteiger partial charge in [-0.3, -0.25) is 0 Å². The molecule has 0 amide bonds. The fraction of sp³-hybridized carbons (Fsp3) is 0. The molecule has 0 atom stereocenters. The molecule has 0 saturated heterocycles. The highest BCUT2D eigenvalue weighted by molar-refractivity contribution is 6.12. The van der Waals surface area contributed by atoms with Gasteiger partial charge >= 0.3 is 5.97 Å². The predicted molar refractivity (Wildman–Crippen MR) is 97.9 cm³/mol. The van der Waals surface area contributed by atoms with Gasteiger partial charge in [-0.25, -0.2) is 4.79 Å². The first-order valence-electron chi connectivity index (χ1n) is 7.74. The van der Waals surface area contributed by atoms with E-state index in [1.165, 1.54) is 16.8 Å². The number of hydrogen-bond donors (Lipinski definition) is 2. The van der Waals surface area contributed by atoms with Gasteiger partial charge in [-0.1, -0.05) is 60.7 Å². The van der Waals surface area contributed by atoms with Crippen molar-refractivity contribution in [2.75, 3.05) is 0 Å². The highest BCUT2D eigenvalue weighted by Crippen LogP contribution is 2.34. The number of para-hydroxylation sites is 2. The lowest BCUT2D eigenvalue weighted by Crippen LogP contribution is -1.88. The van der Waals surface area contributed by atoms with Gasteiger partial charge in [-0.2, -0.15) is 0 Å². The standard InChI is InChI=1S/C21H15NO2/c23-20(24)13-12-14-6-1-2-7-15(14)17-9-5-10-18-16-8-3-4-11-19(16)22-21(17)18/h1-13,22H,(H,23,24). The van der Waals surface area contributed by atoms with Crippen LogP contribution in [-0.4, -0.2) is 16.1 Å². The Bertz CT molecular complexity index is 1090. The average Bonchev–Trinajstić information content (AvgIpc) is 2.99. The minimum absolute atomic E-state index is 0.881. The molecular formula is C21H15NO2. The lowest BCUT2D eigenvalue weighted by Gasteiger charge is -2.08. The number of carboxylic acids is 1. The van der Waals surface area contributed by atoms with Crippen LogP contribution in [0.3, 0.4) is 0 Å². The fourth-order valence-corrected chi connectivity index (χ4v) is 3.15. The SMILES string of the molecule is O=C(O)C=Cc1ccccc1-c1cccc2c1[nH]c1ccccc12. The Morgan fingerprint density at radius 2 is 1.54 bits per heavy atom. The lowest BCUT2D eigenvalue weighted by atomic mass is 9.97. The summed E-state index contributed by atoms with van der Waals surface area (Å²) in [5, 5.41) is 11.3. The highest BCUT2D eigenvalue weighted by Gasteiger charge is 2.11. The molecule has 0 aliphatic rings. The Morgan fingerprint density at radius 3 is 2.42 bits per heavy atom. The molecule has 3 heteroatoms. The molecule has 1 aromatic heterocycles. The molecule has 0 fully saturated rings. The van der Waals surface area contributed by atoms with Crippen LogP contribution in [0.5, 0.6) is 0 Å². The molecule has 0 aliphatic heterocycles. The van der Waals surface area contributed by atoms with E-state index in [1.54, 1.807) is 6.08 Å². The second kappa shape index (κ2) is 5.70. The Hall–Kier alpha value is -3.33. The van der Waals surface area contributed by atoms with E-state index in [1.807, 2.05) is 42.5 Å². The molecule has 4 aromatic rings. The number of carboxylic acid groups (broad SMARTS) is 1. The van der Waals surface area contributed by atoms with Crippen molar-refractivity contribution >= 4 is 33.9 Å². The summed E-state index contributed by atoms with van der Waals surface area (Å²) in [6.07, 6.45) is 2.81. The number of benzene rings is 3. The minimum Gasteiger partial charge on any atom is -0.478 e. The number of aliphatic carboxylic acids is 1. The molecule has 0 unspecified atom stereocenters. The molecule has 2 N–H and O–H groups in total. The predicted octanol–water partition coefficient (Wildman–Crippen LogP) is 5.09. The number of fused-ring (bicyclic) bond motifs is 3. The molecule has 24 heavy (non-hydrogen) atoms. The number of hydrogen-bond acceptors (Lipinski definition) is 1. The van der Waals surface area contributed by atoms with Crippen molar-refractivity contribution in [3.05, 3.63) is 78.4 Å². The van der Waals surface area contributed by atoms with Gasteiger partial charge in [0.1, 0.15) is 0 Å². The second-order valence-corrected chi connectivity index (χ2v) is 5.66. The molecule has 0 spiro atoms. The molecule has 0 aliphatic carbocycles. The fourth-order valence-electron chi connectivity index (χ4n) is 3.15. The zero-order valence-corrected chi connectivity index (χ0v) is 12.9. The lowest BCUT2D eigenvalue weighted by molar-refractivity contribution is -0.131. The first-order valence-corrected chi connectivity index (χ1v) is 7.74. The molecule has 3 nitrogen and oxygen atoms in total. The second-order valence-electron chi connectivity index (χ2n) is 5.66. The van der Waals surface area contributed by atoms with Crippen molar-refractivity contribution in [1.82, 2.24) is 4.98 Å². The van der Waals surface area contributed by atoms with Crippen LogP contribution in [0.2, 0.25) is 0 Å². The van der Waals surface area contributed by atoms with Gasteiger partial charge in [-0.15, -0.1) is 0 Å². The number of H-pyrrole nitrogens is 1. The molecule has 0 radical (unpaired) electrons. The van der Waals surface area contributed by atoms with E-state index in [2.05, 4.69) is 29.2 Å². The van der Waals surface area contributed by atoms with E-state index in [0.717, 1.165) is 27.7 Å². The summed E-state index contributed by atoms with van der Waals surface area (Å²) in [5.74, 6) is -0.950. The van der Waals surface area contributed by atoms with Gasteiger partial charge in [0.15, 0.2) is 0 Å². The number of aromatic amines is 1. The summed E-state index contributed by atoms with van der Waals surface area (Å²) < 4.78 is 0. The third-order valence-corrected chi connectivity index (χ3v) is 4.20. The molecule has 116 valence electrons. The van der Waals surface area contributed by atoms with Crippen molar-refractivity contribution < 1.29 is 9.90 Å². The maximum atomic E-state index is 10.9. The van der Waals surface area contributed by atoms with Crippen LogP contribution in [-0.2, 0) is 4.79 Å². The maximum Gasteiger partial charge on any atom is 0.328 e. The molecular weight excluding hydrogens is 298 g/mol. The van der Waals surface area contributed by atoms with Crippen LogP contribution >= 0.6 is 0 Å². The zero-order valence-electron chi connectivity index (χ0n) is 12.9. The smallest absolute Gasteiger partial charge is 0.328 e. The normalized spacial score (nSPS) is 11.5. The van der Waals surface area contributed by atoms with E-state index in [0.29, 0.717) is 0 Å². The molecule has 1 heterocycles. The minimum atomic E-state index is -0.950. The van der Waals surface area contributed by atoms with Crippen LogP contribution in [0, 0.1) is 0 Å². The van der Waals surface area contributed by atoms with Gasteiger partial charge < -0.3 is 10.1 Å². The summed E-state index contributed by atoms with van der Waals surface area (Å²) in [6.45, 7) is 0. The van der Waals surface area contributed by atoms with Crippen LogP contribution in [0.15, 0.2) is 72.8 Å². The van der Waals surface area contributed by atoms with Gasteiger partial charge in [0, 0.05) is 27.9 Å². The van der Waals surface area contributed by atoms with Gasteiger partial charge in [-0.05, 0) is 23.3 Å². The van der Waals surface area contributed by atoms with E-state index in [-0.39, 0.29) is 0 Å². The first kappa shape index (κ1) is 14.3. The Kier molecular flexibility index (Phi) is 3.39. The number of nitrogens with one attached hydrogen (secondary N) is 1. The molecule has 0 saturated carbocycles. The number of carbonyl (C=O) groups is 1. The third kappa shape index (κ3) is 2.36. The summed E-state index contributed by atoms with van der Waals surface area (Å²) in [7, 11) is 0. The van der Waals surface area contributed by atoms with E-state index in [4.69, 9.17) is 5.11 Å².